The number of nitrogens with two attached hydrogens (primary N) is 3. The first-order chi connectivity index (χ1) is 14.5. The van der Waals surface area contributed by atoms with Crippen molar-refractivity contribution >= 4 is 17.6 Å². The average molecular weight is 423 g/mol. The summed E-state index contributed by atoms with van der Waals surface area (Å²) in [6.45, 7) is 0.888. The Morgan fingerprint density at radius 3 is 2.47 bits per heavy atom. The highest BCUT2D eigenvalue weighted by molar-refractivity contribution is 7.99. The second-order valence-corrected chi connectivity index (χ2v) is 6.90. The molecule has 8 nitrogen and oxygen atoms in total. The van der Waals surface area contributed by atoms with E-state index < -0.39 is 0 Å². The Bertz CT molecular complexity index is 1020. The Morgan fingerprint density at radius 2 is 1.87 bits per heavy atom. The number of nitrogen functional groups attached to an aromatic ring is 1. The quantitative estimate of drug-likeness (QED) is 0.314. The van der Waals surface area contributed by atoms with Gasteiger partial charge in [-0.15, -0.1) is 0 Å². The number of hydrogen-bond acceptors (Lipinski definition) is 9. The molecule has 0 spiro atoms. The number of pyridine rings is 1. The van der Waals surface area contributed by atoms with Crippen molar-refractivity contribution in [1.82, 2.24) is 4.98 Å². The molecule has 2 rings (SSSR count). The number of thioether (sulfide) groups is 1. The van der Waals surface area contributed by atoms with Crippen LogP contribution in [0.2, 0.25) is 0 Å². The smallest absolute Gasteiger partial charge is 0.143 e. The van der Waals surface area contributed by atoms with Gasteiger partial charge in [-0.3, -0.25) is 0 Å². The maximum absolute atomic E-state index is 9.81. The van der Waals surface area contributed by atoms with E-state index in [1.807, 2.05) is 0 Å². The highest BCUT2D eigenvalue weighted by Gasteiger charge is 2.20. The number of nitrogens with zero attached hydrogens (tertiary/aromatic N) is 3. The van der Waals surface area contributed by atoms with Crippen LogP contribution in [0, 0.1) is 22.7 Å². The number of anilines is 1. The highest BCUT2D eigenvalue weighted by atomic mass is 32.2. The van der Waals surface area contributed by atoms with Gasteiger partial charge < -0.3 is 26.7 Å². The number of hydrogen-bond donors (Lipinski definition) is 3. The van der Waals surface area contributed by atoms with Crippen molar-refractivity contribution in [3.63, 3.8) is 0 Å². The molecule has 1 aromatic heterocycles. The third-order valence-corrected chi connectivity index (χ3v) is 4.96. The first-order valence-electron chi connectivity index (χ1n) is 8.87. The van der Waals surface area contributed by atoms with Crippen molar-refractivity contribution in [2.75, 3.05) is 31.8 Å². The van der Waals surface area contributed by atoms with Crippen LogP contribution >= 0.6 is 11.8 Å². The molecular formula is C21H22N6O2S. The zero-order valence-corrected chi connectivity index (χ0v) is 17.3. The molecule has 0 saturated heterocycles. The van der Waals surface area contributed by atoms with Crippen molar-refractivity contribution in [3.8, 4) is 29.0 Å². The number of methoxy groups -OCH3 is 1. The lowest BCUT2D eigenvalue weighted by Crippen LogP contribution is -2.06. The molecule has 0 aliphatic carbocycles. The van der Waals surface area contributed by atoms with Crippen LogP contribution < -0.4 is 21.9 Å². The second kappa shape index (κ2) is 11.4. The van der Waals surface area contributed by atoms with Crippen molar-refractivity contribution < 1.29 is 9.47 Å². The molecule has 0 fully saturated rings. The number of ether oxygens (including phenoxy) is 2. The van der Waals surface area contributed by atoms with E-state index in [0.29, 0.717) is 46.6 Å². The van der Waals surface area contributed by atoms with Gasteiger partial charge in [0.1, 0.15) is 40.9 Å². The van der Waals surface area contributed by atoms with Crippen LogP contribution in [0.5, 0.6) is 5.75 Å². The molecule has 9 heteroatoms. The summed E-state index contributed by atoms with van der Waals surface area (Å²) in [4.78, 5) is 4.25. The molecular weight excluding hydrogens is 400 g/mol. The molecule has 0 saturated carbocycles. The average Bonchev–Trinajstić information content (AvgIpc) is 2.76. The summed E-state index contributed by atoms with van der Waals surface area (Å²) in [6.07, 6.45) is 4.65. The topological polar surface area (TPSA) is 157 Å². The largest absolute Gasteiger partial charge is 0.491 e. The van der Waals surface area contributed by atoms with Crippen LogP contribution in [-0.2, 0) is 4.74 Å². The molecule has 0 radical (unpaired) electrons. The number of rotatable bonds is 9. The fourth-order valence-corrected chi connectivity index (χ4v) is 3.39. The minimum Gasteiger partial charge on any atom is -0.491 e. The minimum atomic E-state index is 0.0545. The summed E-state index contributed by atoms with van der Waals surface area (Å²) in [7, 11) is 1.60. The highest BCUT2D eigenvalue weighted by Crippen LogP contribution is 2.36. The molecule has 2 aromatic rings. The van der Waals surface area contributed by atoms with E-state index in [1.165, 1.54) is 18.0 Å². The number of benzene rings is 1. The van der Waals surface area contributed by atoms with Gasteiger partial charge in [0, 0.05) is 24.1 Å². The molecule has 6 N–H and O–H groups in total. The number of aromatic nitrogens is 1. The van der Waals surface area contributed by atoms with E-state index in [0.717, 1.165) is 0 Å². The fraction of sp³-hybridized carbons (Fsp3) is 0.190. The molecule has 30 heavy (non-hydrogen) atoms. The molecule has 1 heterocycles. The zero-order valence-electron chi connectivity index (χ0n) is 16.5. The standard InChI is InChI=1S/C21H22N6O2S/c1-28-9-10-29-16-6-4-14(5-7-16)19-17(11-23)20(26)27-21(18(19)12-24)30-13-15(25)3-2-8-22/h2-8H,9-10,13,22,25H2,1H3,(H2,26,27)/b8-2-,15-3-. The molecule has 154 valence electrons. The third-order valence-electron chi connectivity index (χ3n) is 3.91. The Hall–Kier alpha value is -3.66. The molecule has 0 amide bonds. The van der Waals surface area contributed by atoms with Crippen LogP contribution in [-0.4, -0.2) is 31.1 Å². The van der Waals surface area contributed by atoms with Gasteiger partial charge in [-0.1, -0.05) is 23.9 Å². The van der Waals surface area contributed by atoms with Crippen molar-refractivity contribution in [1.29, 1.82) is 10.5 Å². The predicted molar refractivity (Wildman–Crippen MR) is 117 cm³/mol. The lowest BCUT2D eigenvalue weighted by atomic mass is 9.97. The van der Waals surface area contributed by atoms with Crippen LogP contribution in [0.3, 0.4) is 0 Å². The van der Waals surface area contributed by atoms with Crippen LogP contribution in [0.15, 0.2) is 53.3 Å². The van der Waals surface area contributed by atoms with E-state index in [2.05, 4.69) is 17.1 Å². The van der Waals surface area contributed by atoms with E-state index in [4.69, 9.17) is 26.7 Å². The second-order valence-electron chi connectivity index (χ2n) is 5.93. The Labute approximate surface area is 179 Å². The fourth-order valence-electron chi connectivity index (χ4n) is 2.53. The zero-order chi connectivity index (χ0) is 21.9. The normalized spacial score (nSPS) is 11.2. The van der Waals surface area contributed by atoms with Gasteiger partial charge in [-0.25, -0.2) is 4.98 Å². The van der Waals surface area contributed by atoms with Crippen LogP contribution in [0.4, 0.5) is 5.82 Å². The number of nitriles is 2. The predicted octanol–water partition coefficient (Wildman–Crippen LogP) is 2.51. The minimum absolute atomic E-state index is 0.0545. The summed E-state index contributed by atoms with van der Waals surface area (Å²) in [6, 6.07) is 11.3. The Balaban J connectivity index is 2.44. The summed E-state index contributed by atoms with van der Waals surface area (Å²) >= 11 is 1.26. The summed E-state index contributed by atoms with van der Waals surface area (Å²) in [5, 5.41) is 19.8. The van der Waals surface area contributed by atoms with Gasteiger partial charge in [-0.05, 0) is 36.0 Å². The van der Waals surface area contributed by atoms with E-state index in [-0.39, 0.29) is 16.9 Å². The number of allylic oxidation sites excluding steroid dienone is 2. The van der Waals surface area contributed by atoms with Gasteiger partial charge in [-0.2, -0.15) is 10.5 Å². The summed E-state index contributed by atoms with van der Waals surface area (Å²) in [5.41, 5.74) is 19.3. The molecule has 1 aromatic carbocycles. The van der Waals surface area contributed by atoms with Gasteiger partial charge in [0.25, 0.3) is 0 Å². The Kier molecular flexibility index (Phi) is 8.57. The maximum atomic E-state index is 9.81. The van der Waals surface area contributed by atoms with Crippen molar-refractivity contribution in [2.45, 2.75) is 5.03 Å². The van der Waals surface area contributed by atoms with Crippen molar-refractivity contribution in [2.24, 2.45) is 11.5 Å². The van der Waals surface area contributed by atoms with Crippen LogP contribution in [0.1, 0.15) is 11.1 Å². The molecule has 0 bridgehead atoms. The molecule has 0 aliphatic rings. The van der Waals surface area contributed by atoms with E-state index in [9.17, 15) is 10.5 Å². The lowest BCUT2D eigenvalue weighted by Gasteiger charge is -2.13. The SMILES string of the molecule is COCCOc1ccc(-c2c(C#N)c(N)nc(SC/C(N)=C/C=C\N)c2C#N)cc1. The Morgan fingerprint density at radius 1 is 1.17 bits per heavy atom. The van der Waals surface area contributed by atoms with E-state index in [1.54, 1.807) is 43.5 Å². The lowest BCUT2D eigenvalue weighted by molar-refractivity contribution is 0.146. The van der Waals surface area contributed by atoms with Gasteiger partial charge >= 0.3 is 0 Å². The molecule has 0 aliphatic heterocycles. The van der Waals surface area contributed by atoms with Crippen molar-refractivity contribution in [3.05, 3.63) is 59.4 Å². The maximum Gasteiger partial charge on any atom is 0.143 e. The molecule has 0 atom stereocenters. The van der Waals surface area contributed by atoms with Crippen LogP contribution in [0.25, 0.3) is 11.1 Å². The van der Waals surface area contributed by atoms with Gasteiger partial charge in [0.05, 0.1) is 12.2 Å². The summed E-state index contributed by atoms with van der Waals surface area (Å²) in [5.74, 6) is 1.08. The third kappa shape index (κ3) is 5.67. The van der Waals surface area contributed by atoms with Gasteiger partial charge in [0.2, 0.25) is 0 Å². The first kappa shape index (κ1) is 22.6. The first-order valence-corrected chi connectivity index (χ1v) is 9.85. The summed E-state index contributed by atoms with van der Waals surface area (Å²) < 4.78 is 10.5. The van der Waals surface area contributed by atoms with E-state index >= 15 is 0 Å². The van der Waals surface area contributed by atoms with Gasteiger partial charge in [0.15, 0.2) is 0 Å². The molecule has 0 unspecified atom stereocenters. The monoisotopic (exact) mass is 422 g/mol.